The Kier molecular flexibility index (Phi) is 4.89. The summed E-state index contributed by atoms with van der Waals surface area (Å²) in [4.78, 5) is 0. The summed E-state index contributed by atoms with van der Waals surface area (Å²) in [5, 5.41) is 9.97. The van der Waals surface area contributed by atoms with Crippen LogP contribution in [0.3, 0.4) is 0 Å². The minimum Gasteiger partial charge on any atom is -0.455 e. The third-order valence-corrected chi connectivity index (χ3v) is 11.9. The summed E-state index contributed by atoms with van der Waals surface area (Å²) < 4.78 is 11.9. The molecule has 1 aliphatic carbocycles. The van der Waals surface area contributed by atoms with E-state index in [1.165, 1.54) is 91.5 Å². The lowest BCUT2D eigenvalue weighted by atomic mass is 9.94. The van der Waals surface area contributed by atoms with Gasteiger partial charge in [0.2, 0.25) is 0 Å². The molecule has 3 heteroatoms. The SMILES string of the molecule is c1cc(-c2ccc3c4c(cccc24)-c2ccccc2-3)cc(-n2c3ccccc3c3c4sc5ccccc5c4c4oc5ccccc5c4c32)c1. The zero-order chi connectivity index (χ0) is 31.8. The fourth-order valence-electron chi connectivity index (χ4n) is 8.75. The first-order valence-electron chi connectivity index (χ1n) is 16.8. The van der Waals surface area contributed by atoms with Gasteiger partial charge in [0.1, 0.15) is 11.2 Å². The summed E-state index contributed by atoms with van der Waals surface area (Å²) in [6, 6.07) is 55.5. The first-order chi connectivity index (χ1) is 24.3. The Balaban J connectivity index is 1.21. The first kappa shape index (κ1) is 25.9. The summed E-state index contributed by atoms with van der Waals surface area (Å²) in [6.45, 7) is 0. The van der Waals surface area contributed by atoms with E-state index in [2.05, 4.69) is 156 Å². The molecule has 0 saturated heterocycles. The molecule has 11 aromatic rings. The molecule has 0 aliphatic heterocycles. The Morgan fingerprint density at radius 3 is 2.02 bits per heavy atom. The highest BCUT2D eigenvalue weighted by atomic mass is 32.1. The Morgan fingerprint density at radius 2 is 1.12 bits per heavy atom. The van der Waals surface area contributed by atoms with Gasteiger partial charge in [-0.15, -0.1) is 11.3 Å². The van der Waals surface area contributed by atoms with E-state index in [9.17, 15) is 0 Å². The third kappa shape index (κ3) is 3.25. The predicted molar refractivity (Wildman–Crippen MR) is 208 cm³/mol. The highest BCUT2D eigenvalue weighted by Gasteiger charge is 2.26. The van der Waals surface area contributed by atoms with Crippen molar-refractivity contribution in [3.63, 3.8) is 0 Å². The molecule has 0 fully saturated rings. The van der Waals surface area contributed by atoms with Crippen LogP contribution in [0.4, 0.5) is 0 Å². The molecule has 0 bridgehead atoms. The minimum absolute atomic E-state index is 0.918. The number of hydrogen-bond acceptors (Lipinski definition) is 2. The van der Waals surface area contributed by atoms with E-state index in [4.69, 9.17) is 4.42 Å². The van der Waals surface area contributed by atoms with Crippen LogP contribution in [0.25, 0.3) is 114 Å². The second-order valence-electron chi connectivity index (χ2n) is 13.2. The zero-order valence-electron chi connectivity index (χ0n) is 26.2. The minimum atomic E-state index is 0.918. The van der Waals surface area contributed by atoms with Crippen LogP contribution >= 0.6 is 11.3 Å². The van der Waals surface area contributed by atoms with Crippen LogP contribution in [0.15, 0.2) is 156 Å². The Hall–Kier alpha value is -6.16. The lowest BCUT2D eigenvalue weighted by Gasteiger charge is -2.13. The molecule has 0 N–H and O–H groups in total. The normalized spacial score (nSPS) is 12.5. The summed E-state index contributed by atoms with van der Waals surface area (Å²) >= 11 is 1.87. The highest BCUT2D eigenvalue weighted by molar-refractivity contribution is 7.27. The maximum atomic E-state index is 6.82. The average Bonchev–Trinajstić information content (AvgIpc) is 3.90. The van der Waals surface area contributed by atoms with Gasteiger partial charge < -0.3 is 8.98 Å². The number of benzene rings is 8. The molecule has 49 heavy (non-hydrogen) atoms. The molecule has 1 aliphatic rings. The van der Waals surface area contributed by atoms with Crippen LogP contribution in [-0.4, -0.2) is 4.57 Å². The molecule has 0 amide bonds. The quantitative estimate of drug-likeness (QED) is 0.184. The molecular formula is C46H25NOS. The Morgan fingerprint density at radius 1 is 0.449 bits per heavy atom. The van der Waals surface area contributed by atoms with Crippen LogP contribution in [0.2, 0.25) is 0 Å². The summed E-state index contributed by atoms with van der Waals surface area (Å²) in [7, 11) is 0. The topological polar surface area (TPSA) is 18.1 Å². The molecule has 3 heterocycles. The van der Waals surface area contributed by atoms with Crippen LogP contribution in [0.5, 0.6) is 0 Å². The number of rotatable bonds is 2. The van der Waals surface area contributed by atoms with Gasteiger partial charge in [-0.2, -0.15) is 0 Å². The Bertz CT molecular complexity index is 3170. The van der Waals surface area contributed by atoms with Crippen molar-refractivity contribution >= 4 is 86.0 Å². The molecule has 8 aromatic carbocycles. The van der Waals surface area contributed by atoms with Gasteiger partial charge in [0.15, 0.2) is 0 Å². The van der Waals surface area contributed by atoms with Gasteiger partial charge in [-0.1, -0.05) is 121 Å². The fourth-order valence-corrected chi connectivity index (χ4v) is 10.0. The van der Waals surface area contributed by atoms with E-state index in [0.29, 0.717) is 0 Å². The first-order valence-corrected chi connectivity index (χ1v) is 17.6. The third-order valence-electron chi connectivity index (χ3n) is 10.7. The average molecular weight is 640 g/mol. The smallest absolute Gasteiger partial charge is 0.146 e. The molecule has 0 atom stereocenters. The van der Waals surface area contributed by atoms with Gasteiger partial charge in [0.05, 0.1) is 16.4 Å². The Labute approximate surface area is 284 Å². The van der Waals surface area contributed by atoms with Gasteiger partial charge in [-0.3, -0.25) is 0 Å². The van der Waals surface area contributed by atoms with E-state index in [1.54, 1.807) is 0 Å². The van der Waals surface area contributed by atoms with Gasteiger partial charge in [0, 0.05) is 42.0 Å². The molecule has 0 saturated carbocycles. The number of nitrogens with zero attached hydrogens (tertiary/aromatic N) is 1. The van der Waals surface area contributed by atoms with E-state index in [-0.39, 0.29) is 0 Å². The second kappa shape index (κ2) is 9.25. The van der Waals surface area contributed by atoms with Crippen LogP contribution in [-0.2, 0) is 0 Å². The van der Waals surface area contributed by atoms with E-state index >= 15 is 0 Å². The van der Waals surface area contributed by atoms with E-state index in [1.807, 2.05) is 11.3 Å². The molecule has 3 aromatic heterocycles. The maximum absolute atomic E-state index is 6.82. The van der Waals surface area contributed by atoms with Crippen LogP contribution < -0.4 is 0 Å². The summed E-state index contributed by atoms with van der Waals surface area (Å²) in [6.07, 6.45) is 0. The van der Waals surface area contributed by atoms with Crippen molar-refractivity contribution in [1.82, 2.24) is 4.57 Å². The second-order valence-corrected chi connectivity index (χ2v) is 14.2. The zero-order valence-corrected chi connectivity index (χ0v) is 27.0. The molecule has 0 spiro atoms. The fraction of sp³-hybridized carbons (Fsp3) is 0. The lowest BCUT2D eigenvalue weighted by molar-refractivity contribution is 0.673. The van der Waals surface area contributed by atoms with Crippen molar-refractivity contribution in [2.24, 2.45) is 0 Å². The van der Waals surface area contributed by atoms with Crippen molar-refractivity contribution in [2.45, 2.75) is 0 Å². The van der Waals surface area contributed by atoms with Crippen molar-refractivity contribution in [2.75, 3.05) is 0 Å². The molecule has 2 nitrogen and oxygen atoms in total. The molecule has 226 valence electrons. The molecule has 12 rings (SSSR count). The number of furan rings is 1. The summed E-state index contributed by atoms with van der Waals surface area (Å²) in [5.74, 6) is 0. The van der Waals surface area contributed by atoms with Gasteiger partial charge in [-0.05, 0) is 74.5 Å². The highest BCUT2D eigenvalue weighted by Crippen LogP contribution is 2.52. The number of fused-ring (bicyclic) bond motifs is 15. The molecule has 0 radical (unpaired) electrons. The lowest BCUT2D eigenvalue weighted by Crippen LogP contribution is -1.95. The van der Waals surface area contributed by atoms with Crippen molar-refractivity contribution in [3.8, 4) is 39.1 Å². The van der Waals surface area contributed by atoms with Crippen LogP contribution in [0.1, 0.15) is 0 Å². The standard InChI is InChI=1S/C46H25NOS/c1-2-14-30-29(13-1)32-19-10-18-31-28(23-24-33(30)40(31)32)26-11-9-12-27(25-26)47-37-20-6-3-15-34(37)42-44(47)41-35-16-4-7-21-38(35)48-45(41)43-36-17-5-8-22-39(36)49-46(42)43/h1-25H. The van der Waals surface area contributed by atoms with Crippen molar-refractivity contribution < 1.29 is 4.42 Å². The maximum Gasteiger partial charge on any atom is 0.146 e. The van der Waals surface area contributed by atoms with Gasteiger partial charge in [0.25, 0.3) is 0 Å². The van der Waals surface area contributed by atoms with Crippen LogP contribution in [0, 0.1) is 0 Å². The van der Waals surface area contributed by atoms with Gasteiger partial charge >= 0.3 is 0 Å². The molecule has 0 unspecified atom stereocenters. The van der Waals surface area contributed by atoms with Crippen molar-refractivity contribution in [3.05, 3.63) is 152 Å². The van der Waals surface area contributed by atoms with Crippen molar-refractivity contribution in [1.29, 1.82) is 0 Å². The number of para-hydroxylation sites is 2. The number of thiophene rings is 1. The predicted octanol–water partition coefficient (Wildman–Crippen LogP) is 13.5. The van der Waals surface area contributed by atoms with E-state index in [0.717, 1.165) is 22.2 Å². The summed E-state index contributed by atoms with van der Waals surface area (Å²) in [5.41, 5.74) is 13.2. The largest absolute Gasteiger partial charge is 0.455 e. The van der Waals surface area contributed by atoms with Gasteiger partial charge in [-0.25, -0.2) is 0 Å². The number of hydrogen-bond donors (Lipinski definition) is 0. The van der Waals surface area contributed by atoms with E-state index < -0.39 is 0 Å². The molecular weight excluding hydrogens is 615 g/mol. The number of aromatic nitrogens is 1. The monoisotopic (exact) mass is 639 g/mol.